The predicted octanol–water partition coefficient (Wildman–Crippen LogP) is 6.31. The van der Waals surface area contributed by atoms with E-state index in [4.69, 9.17) is 23.2 Å². The Morgan fingerprint density at radius 1 is 0.583 bits per heavy atom. The van der Waals surface area contributed by atoms with E-state index in [1.807, 2.05) is 0 Å². The number of hydrogen-bond acceptors (Lipinski definition) is 0. The summed E-state index contributed by atoms with van der Waals surface area (Å²) >= 11 is 11.2. The predicted molar refractivity (Wildman–Crippen MR) is 78.4 cm³/mol. The van der Waals surface area contributed by atoms with Crippen molar-refractivity contribution >= 4 is 23.2 Å². The summed E-state index contributed by atoms with van der Waals surface area (Å²) in [6, 6.07) is 7.56. The molecule has 0 amide bonds. The van der Waals surface area contributed by atoms with Crippen LogP contribution in [-0.4, -0.2) is 11.8 Å². The molecule has 0 N–H and O–H groups in total. The highest BCUT2D eigenvalue weighted by molar-refractivity contribution is 6.31. The molecular formula is C16H8Cl2F6. The van der Waals surface area contributed by atoms with Gasteiger partial charge in [-0.3, -0.25) is 0 Å². The molecule has 0 radical (unpaired) electrons. The monoisotopic (exact) mass is 384 g/mol. The fourth-order valence-corrected chi connectivity index (χ4v) is 3.35. The maximum Gasteiger partial charge on any atom is 0.355 e. The minimum atomic E-state index is -5.28. The second-order valence-electron chi connectivity index (χ2n) is 5.49. The summed E-state index contributed by atoms with van der Waals surface area (Å²) in [5, 5.41) is -0.382. The highest BCUT2D eigenvalue weighted by Crippen LogP contribution is 2.76. The van der Waals surface area contributed by atoms with Crippen molar-refractivity contribution in [1.29, 1.82) is 0 Å². The molecule has 0 unspecified atom stereocenters. The summed E-state index contributed by atoms with van der Waals surface area (Å²) in [5.41, 5.74) is -10.6. The lowest BCUT2D eigenvalue weighted by Crippen LogP contribution is -2.82. The molecule has 1 aliphatic carbocycles. The van der Waals surface area contributed by atoms with Crippen LogP contribution in [0.1, 0.15) is 11.1 Å². The fraction of sp³-hybridized carbons (Fsp3) is 0.250. The third kappa shape index (κ3) is 1.78. The third-order valence-electron chi connectivity index (χ3n) is 4.18. The van der Waals surface area contributed by atoms with E-state index in [1.54, 1.807) is 0 Å². The summed E-state index contributed by atoms with van der Waals surface area (Å²) in [4.78, 5) is 0. The van der Waals surface area contributed by atoms with E-state index in [0.29, 0.717) is 12.1 Å². The quantitative estimate of drug-likeness (QED) is 0.532. The first kappa shape index (κ1) is 17.4. The van der Waals surface area contributed by atoms with Crippen LogP contribution >= 0.6 is 23.2 Å². The van der Waals surface area contributed by atoms with Gasteiger partial charge in [-0.15, -0.1) is 0 Å². The number of hydrogen-bond donors (Lipinski definition) is 0. The molecule has 3 rings (SSSR count). The normalized spacial score (nSPS) is 30.7. The maximum absolute atomic E-state index is 15.3. The molecular weight excluding hydrogens is 377 g/mol. The first-order valence-electron chi connectivity index (χ1n) is 6.65. The van der Waals surface area contributed by atoms with Crippen molar-refractivity contribution in [3.05, 3.63) is 69.7 Å². The highest BCUT2D eigenvalue weighted by atomic mass is 35.5. The molecule has 1 saturated carbocycles. The van der Waals surface area contributed by atoms with Gasteiger partial charge in [0.05, 0.1) is 0 Å². The Morgan fingerprint density at radius 2 is 0.917 bits per heavy atom. The van der Waals surface area contributed by atoms with Gasteiger partial charge in [0.15, 0.2) is 0 Å². The van der Waals surface area contributed by atoms with E-state index in [2.05, 4.69) is 0 Å². The number of alkyl halides is 6. The average molecular weight is 385 g/mol. The molecule has 2 aromatic carbocycles. The van der Waals surface area contributed by atoms with Gasteiger partial charge in [0.25, 0.3) is 0 Å². The van der Waals surface area contributed by atoms with Crippen LogP contribution in [0.2, 0.25) is 10.0 Å². The van der Waals surface area contributed by atoms with Crippen molar-refractivity contribution < 1.29 is 26.3 Å². The van der Waals surface area contributed by atoms with Crippen molar-refractivity contribution in [3.63, 3.8) is 0 Å². The Kier molecular flexibility index (Phi) is 3.67. The van der Waals surface area contributed by atoms with E-state index < -0.39 is 34.3 Å². The van der Waals surface area contributed by atoms with Crippen LogP contribution in [0, 0.1) is 0 Å². The molecule has 1 aliphatic rings. The summed E-state index contributed by atoms with van der Waals surface area (Å²) in [6.07, 6.45) is 0. The SMILES string of the molecule is FC1(F)C(F)(F)[C@@](F)(c2cccc(Cl)c2)[C@]1(F)c1cccc(Cl)c1. The van der Waals surface area contributed by atoms with Crippen LogP contribution < -0.4 is 0 Å². The number of benzene rings is 2. The standard InChI is InChI=1S/C16H8Cl2F6/c17-11-5-1-3-9(7-11)13(19)14(20,16(23,24)15(13,21)22)10-4-2-6-12(18)8-10/h1-8H/t13-,14-/m1/s1. The first-order chi connectivity index (χ1) is 11.0. The minimum Gasteiger partial charge on any atom is -0.227 e. The first-order valence-corrected chi connectivity index (χ1v) is 7.41. The molecule has 0 bridgehead atoms. The maximum atomic E-state index is 15.3. The van der Waals surface area contributed by atoms with Crippen molar-refractivity contribution in [1.82, 2.24) is 0 Å². The van der Waals surface area contributed by atoms with Crippen LogP contribution in [0.4, 0.5) is 26.3 Å². The zero-order chi connectivity index (χ0) is 18.0. The highest BCUT2D eigenvalue weighted by Gasteiger charge is 2.98. The Hall–Kier alpha value is -1.40. The van der Waals surface area contributed by atoms with Gasteiger partial charge in [-0.2, -0.15) is 17.6 Å². The van der Waals surface area contributed by atoms with Crippen LogP contribution in [0.25, 0.3) is 0 Å². The molecule has 2 aromatic rings. The van der Waals surface area contributed by atoms with E-state index in [9.17, 15) is 17.6 Å². The topological polar surface area (TPSA) is 0 Å². The molecule has 0 aromatic heterocycles. The molecule has 0 heterocycles. The summed E-state index contributed by atoms with van der Waals surface area (Å²) in [7, 11) is 0. The average Bonchev–Trinajstić information content (AvgIpc) is 2.52. The van der Waals surface area contributed by atoms with Gasteiger partial charge < -0.3 is 0 Å². The van der Waals surface area contributed by atoms with Gasteiger partial charge in [0, 0.05) is 21.2 Å². The van der Waals surface area contributed by atoms with Gasteiger partial charge in [0.1, 0.15) is 0 Å². The molecule has 0 saturated heterocycles. The van der Waals surface area contributed by atoms with Crippen LogP contribution in [-0.2, 0) is 11.3 Å². The van der Waals surface area contributed by atoms with Crippen LogP contribution in [0.3, 0.4) is 0 Å². The molecule has 0 aliphatic heterocycles. The zero-order valence-corrected chi connectivity index (χ0v) is 13.2. The Balaban J connectivity index is 2.30. The lowest BCUT2D eigenvalue weighted by molar-refractivity contribution is -0.451. The van der Waals surface area contributed by atoms with Crippen molar-refractivity contribution in [2.75, 3.05) is 0 Å². The molecule has 128 valence electrons. The van der Waals surface area contributed by atoms with E-state index in [-0.39, 0.29) is 10.0 Å². The lowest BCUT2D eigenvalue weighted by atomic mass is 9.56. The van der Waals surface area contributed by atoms with Gasteiger partial charge in [-0.05, 0) is 24.3 Å². The molecule has 2 atom stereocenters. The smallest absolute Gasteiger partial charge is 0.227 e. The van der Waals surface area contributed by atoms with Gasteiger partial charge in [-0.1, -0.05) is 47.5 Å². The van der Waals surface area contributed by atoms with Crippen molar-refractivity contribution in [2.24, 2.45) is 0 Å². The summed E-state index contributed by atoms with van der Waals surface area (Å²) in [5.74, 6) is -10.6. The number of halogens is 8. The Labute approximate surface area is 143 Å². The Bertz CT molecular complexity index is 741. The molecule has 1 fully saturated rings. The van der Waals surface area contributed by atoms with E-state index in [1.165, 1.54) is 12.1 Å². The third-order valence-corrected chi connectivity index (χ3v) is 4.65. The second kappa shape index (κ2) is 5.05. The van der Waals surface area contributed by atoms with Crippen molar-refractivity contribution in [2.45, 2.75) is 23.2 Å². The molecule has 24 heavy (non-hydrogen) atoms. The molecule has 8 heteroatoms. The van der Waals surface area contributed by atoms with E-state index >= 15 is 8.78 Å². The van der Waals surface area contributed by atoms with Crippen LogP contribution in [0.5, 0.6) is 0 Å². The van der Waals surface area contributed by atoms with Gasteiger partial charge in [0.2, 0.25) is 11.3 Å². The summed E-state index contributed by atoms with van der Waals surface area (Å²) < 4.78 is 86.6. The summed E-state index contributed by atoms with van der Waals surface area (Å²) in [6.45, 7) is 0. The van der Waals surface area contributed by atoms with Crippen molar-refractivity contribution in [3.8, 4) is 0 Å². The number of rotatable bonds is 2. The van der Waals surface area contributed by atoms with E-state index in [0.717, 1.165) is 24.3 Å². The van der Waals surface area contributed by atoms with Gasteiger partial charge in [-0.25, -0.2) is 8.78 Å². The minimum absolute atomic E-state index is 0.191. The largest absolute Gasteiger partial charge is 0.355 e. The Morgan fingerprint density at radius 3 is 1.21 bits per heavy atom. The lowest BCUT2D eigenvalue weighted by Gasteiger charge is -2.58. The molecule has 0 spiro atoms. The zero-order valence-electron chi connectivity index (χ0n) is 11.6. The fourth-order valence-electron chi connectivity index (χ4n) is 2.97. The van der Waals surface area contributed by atoms with Crippen LogP contribution in [0.15, 0.2) is 48.5 Å². The van der Waals surface area contributed by atoms with Gasteiger partial charge >= 0.3 is 11.8 Å². The second-order valence-corrected chi connectivity index (χ2v) is 6.36. The molecule has 0 nitrogen and oxygen atoms in total.